The average Bonchev–Trinajstić information content (AvgIpc) is 2.40. The van der Waals surface area contributed by atoms with E-state index in [4.69, 9.17) is 23.2 Å². The van der Waals surface area contributed by atoms with Gasteiger partial charge in [-0.3, -0.25) is 0 Å². The van der Waals surface area contributed by atoms with E-state index in [-0.39, 0.29) is 0 Å². The quantitative estimate of drug-likeness (QED) is 0.582. The number of aromatic nitrogens is 4. The number of alkyl halides is 2. The summed E-state index contributed by atoms with van der Waals surface area (Å²) < 4.78 is 0. The number of nitrogens with zero attached hydrogens (tertiary/aromatic N) is 4. The second kappa shape index (κ2) is 8.49. The van der Waals surface area contributed by atoms with Crippen LogP contribution in [0.15, 0.2) is 12.4 Å². The van der Waals surface area contributed by atoms with Crippen molar-refractivity contribution in [1.82, 2.24) is 19.9 Å². The first kappa shape index (κ1) is 17.3. The SMILES string of the molecule is Cc1ncc(CBr)c(C)n1.Cc1ncc(CCl)c(Cl)n1. The van der Waals surface area contributed by atoms with Gasteiger partial charge in [0.05, 0.1) is 5.88 Å². The van der Waals surface area contributed by atoms with Gasteiger partial charge in [0, 0.05) is 34.5 Å². The van der Waals surface area contributed by atoms with Gasteiger partial charge in [-0.15, -0.1) is 11.6 Å². The highest BCUT2D eigenvalue weighted by molar-refractivity contribution is 9.08. The average molecular weight is 378 g/mol. The molecule has 0 saturated carbocycles. The zero-order chi connectivity index (χ0) is 15.1. The van der Waals surface area contributed by atoms with E-state index in [1.807, 2.05) is 20.0 Å². The predicted octanol–water partition coefficient (Wildman–Crippen LogP) is 4.17. The molecule has 108 valence electrons. The Morgan fingerprint density at radius 1 is 1.00 bits per heavy atom. The Kier molecular flexibility index (Phi) is 7.34. The van der Waals surface area contributed by atoms with Crippen molar-refractivity contribution in [3.8, 4) is 0 Å². The Labute approximate surface area is 137 Å². The van der Waals surface area contributed by atoms with Crippen LogP contribution in [0.4, 0.5) is 0 Å². The monoisotopic (exact) mass is 376 g/mol. The van der Waals surface area contributed by atoms with Crippen molar-refractivity contribution in [2.45, 2.75) is 32.0 Å². The molecule has 0 amide bonds. The first-order chi connectivity index (χ1) is 9.47. The number of hydrogen-bond donors (Lipinski definition) is 0. The third-order valence-electron chi connectivity index (χ3n) is 2.42. The Hall–Kier alpha value is -0.780. The zero-order valence-electron chi connectivity index (χ0n) is 11.5. The lowest BCUT2D eigenvalue weighted by molar-refractivity contribution is 0.983. The van der Waals surface area contributed by atoms with Gasteiger partial charge < -0.3 is 0 Å². The van der Waals surface area contributed by atoms with Crippen molar-refractivity contribution in [3.05, 3.63) is 46.0 Å². The van der Waals surface area contributed by atoms with Crippen LogP contribution in [-0.4, -0.2) is 19.9 Å². The van der Waals surface area contributed by atoms with Crippen LogP contribution in [0.1, 0.15) is 28.5 Å². The van der Waals surface area contributed by atoms with Crippen molar-refractivity contribution < 1.29 is 0 Å². The fraction of sp³-hybridized carbons (Fsp3) is 0.385. The molecule has 2 rings (SSSR count). The Morgan fingerprint density at radius 2 is 1.55 bits per heavy atom. The molecular weight excluding hydrogens is 363 g/mol. The van der Waals surface area contributed by atoms with Crippen molar-refractivity contribution in [1.29, 1.82) is 0 Å². The maximum absolute atomic E-state index is 5.69. The second-order valence-electron chi connectivity index (χ2n) is 4.03. The minimum absolute atomic E-state index is 0.360. The fourth-order valence-electron chi connectivity index (χ4n) is 1.30. The third kappa shape index (κ3) is 5.31. The molecule has 0 bridgehead atoms. The molecule has 0 aliphatic carbocycles. The highest BCUT2D eigenvalue weighted by atomic mass is 79.9. The van der Waals surface area contributed by atoms with E-state index >= 15 is 0 Å². The first-order valence-electron chi connectivity index (χ1n) is 5.87. The summed E-state index contributed by atoms with van der Waals surface area (Å²) in [7, 11) is 0. The molecule has 0 aliphatic heterocycles. The molecule has 2 aromatic heterocycles. The summed E-state index contributed by atoms with van der Waals surface area (Å²) in [5.74, 6) is 1.86. The fourth-order valence-corrected chi connectivity index (χ4v) is 2.35. The van der Waals surface area contributed by atoms with Crippen molar-refractivity contribution in [2.24, 2.45) is 0 Å². The number of aryl methyl sites for hydroxylation is 3. The summed E-state index contributed by atoms with van der Waals surface area (Å²) in [6.45, 7) is 5.67. The molecule has 0 fully saturated rings. The van der Waals surface area contributed by atoms with Crippen molar-refractivity contribution >= 4 is 39.1 Å². The molecule has 7 heteroatoms. The van der Waals surface area contributed by atoms with Crippen LogP contribution in [0, 0.1) is 20.8 Å². The summed E-state index contributed by atoms with van der Waals surface area (Å²) >= 11 is 14.6. The molecular formula is C13H15BrCl2N4. The molecule has 0 atom stereocenters. The number of hydrogen-bond acceptors (Lipinski definition) is 4. The van der Waals surface area contributed by atoms with Gasteiger partial charge in [0.2, 0.25) is 0 Å². The molecule has 2 heterocycles. The lowest BCUT2D eigenvalue weighted by Crippen LogP contribution is -1.94. The standard InChI is InChI=1S/C7H9BrN2.C6H6Cl2N2/c1-5-7(3-8)4-9-6(2)10-5;1-4-9-3-5(2-7)6(8)10-4/h4H,3H2,1-2H3;3H,2H2,1H3. The molecule has 0 aromatic carbocycles. The molecule has 0 spiro atoms. The van der Waals surface area contributed by atoms with Gasteiger partial charge in [-0.2, -0.15) is 0 Å². The molecule has 0 unspecified atom stereocenters. The number of halogens is 3. The van der Waals surface area contributed by atoms with Gasteiger partial charge in [0.25, 0.3) is 0 Å². The summed E-state index contributed by atoms with van der Waals surface area (Å²) in [4.78, 5) is 16.1. The molecule has 0 N–H and O–H groups in total. The molecule has 2 aromatic rings. The molecule has 4 nitrogen and oxygen atoms in total. The smallest absolute Gasteiger partial charge is 0.137 e. The van der Waals surface area contributed by atoms with Crippen molar-refractivity contribution in [3.63, 3.8) is 0 Å². The van der Waals surface area contributed by atoms with E-state index in [0.29, 0.717) is 16.9 Å². The van der Waals surface area contributed by atoms with E-state index < -0.39 is 0 Å². The van der Waals surface area contributed by atoms with Crippen molar-refractivity contribution in [2.75, 3.05) is 0 Å². The highest BCUT2D eigenvalue weighted by Crippen LogP contribution is 2.13. The van der Waals surface area contributed by atoms with E-state index in [2.05, 4.69) is 35.9 Å². The first-order valence-corrected chi connectivity index (χ1v) is 7.90. The second-order valence-corrected chi connectivity index (χ2v) is 5.21. The Balaban J connectivity index is 0.000000200. The lowest BCUT2D eigenvalue weighted by atomic mass is 10.3. The summed E-state index contributed by atoms with van der Waals surface area (Å²) in [6.07, 6.45) is 3.49. The van der Waals surface area contributed by atoms with Crippen LogP contribution in [-0.2, 0) is 11.2 Å². The third-order valence-corrected chi connectivity index (χ3v) is 3.64. The molecule has 0 saturated heterocycles. The van der Waals surface area contributed by atoms with Gasteiger partial charge in [-0.1, -0.05) is 27.5 Å². The van der Waals surface area contributed by atoms with Crippen LogP contribution in [0.3, 0.4) is 0 Å². The maximum Gasteiger partial charge on any atom is 0.137 e. The van der Waals surface area contributed by atoms with Gasteiger partial charge in [-0.25, -0.2) is 19.9 Å². The van der Waals surface area contributed by atoms with Crippen LogP contribution < -0.4 is 0 Å². The van der Waals surface area contributed by atoms with Crippen LogP contribution in [0.2, 0.25) is 5.15 Å². The summed E-state index contributed by atoms with van der Waals surface area (Å²) in [5.41, 5.74) is 2.99. The van der Waals surface area contributed by atoms with Gasteiger partial charge in [-0.05, 0) is 20.8 Å². The van der Waals surface area contributed by atoms with Gasteiger partial charge in [0.1, 0.15) is 16.8 Å². The Bertz CT molecular complexity index is 527. The van der Waals surface area contributed by atoms with E-state index in [9.17, 15) is 0 Å². The predicted molar refractivity (Wildman–Crippen MR) is 85.5 cm³/mol. The van der Waals surface area contributed by atoms with E-state index in [1.165, 1.54) is 0 Å². The number of rotatable bonds is 2. The normalized spacial score (nSPS) is 9.90. The summed E-state index contributed by atoms with van der Waals surface area (Å²) in [5, 5.41) is 1.28. The minimum atomic E-state index is 0.360. The topological polar surface area (TPSA) is 51.6 Å². The van der Waals surface area contributed by atoms with Crippen LogP contribution in [0.25, 0.3) is 0 Å². The van der Waals surface area contributed by atoms with E-state index in [0.717, 1.165) is 28.0 Å². The molecule has 20 heavy (non-hydrogen) atoms. The molecule has 0 aliphatic rings. The van der Waals surface area contributed by atoms with Gasteiger partial charge >= 0.3 is 0 Å². The van der Waals surface area contributed by atoms with Crippen LogP contribution in [0.5, 0.6) is 0 Å². The minimum Gasteiger partial charge on any atom is -0.241 e. The van der Waals surface area contributed by atoms with E-state index in [1.54, 1.807) is 13.1 Å². The highest BCUT2D eigenvalue weighted by Gasteiger charge is 1.99. The van der Waals surface area contributed by atoms with Gasteiger partial charge in [0.15, 0.2) is 0 Å². The summed E-state index contributed by atoms with van der Waals surface area (Å²) in [6, 6.07) is 0. The zero-order valence-corrected chi connectivity index (χ0v) is 14.6. The largest absolute Gasteiger partial charge is 0.241 e. The maximum atomic E-state index is 5.69. The Morgan fingerprint density at radius 3 is 2.00 bits per heavy atom. The molecule has 0 radical (unpaired) electrons. The lowest BCUT2D eigenvalue weighted by Gasteiger charge is -1.99. The van der Waals surface area contributed by atoms with Crippen LogP contribution >= 0.6 is 39.1 Å².